The lowest BCUT2D eigenvalue weighted by Gasteiger charge is -2.31. The van der Waals surface area contributed by atoms with E-state index in [1.54, 1.807) is 0 Å². The van der Waals surface area contributed by atoms with Crippen LogP contribution in [0.15, 0.2) is 0 Å². The molecule has 1 aliphatic rings. The van der Waals surface area contributed by atoms with Gasteiger partial charge in [0, 0.05) is 30.7 Å². The molecule has 0 aliphatic carbocycles. The minimum absolute atomic E-state index is 0.299. The summed E-state index contributed by atoms with van der Waals surface area (Å²) in [5.41, 5.74) is 0. The summed E-state index contributed by atoms with van der Waals surface area (Å²) in [6, 6.07) is 0. The van der Waals surface area contributed by atoms with Crippen LogP contribution in [0.4, 0.5) is 0 Å². The Morgan fingerprint density at radius 3 is 2.50 bits per heavy atom. The summed E-state index contributed by atoms with van der Waals surface area (Å²) in [6.45, 7) is 5.25. The van der Waals surface area contributed by atoms with Gasteiger partial charge in [-0.2, -0.15) is 0 Å². The molecule has 0 amide bonds. The molecule has 0 saturated carbocycles. The highest BCUT2D eigenvalue weighted by Crippen LogP contribution is 2.13. The first-order valence-electron chi connectivity index (χ1n) is 6.67. The van der Waals surface area contributed by atoms with Gasteiger partial charge in [0.2, 0.25) is 0 Å². The van der Waals surface area contributed by atoms with Crippen LogP contribution in [0.1, 0.15) is 26.2 Å². The maximum Gasteiger partial charge on any atom is 0.151 e. The molecule has 0 aromatic rings. The number of rotatable bonds is 8. The summed E-state index contributed by atoms with van der Waals surface area (Å²) in [5.74, 6) is 0.617. The second-order valence-corrected chi connectivity index (χ2v) is 7.85. The molecular formula is C12H24BrNO3S. The second-order valence-electron chi connectivity index (χ2n) is 4.75. The first-order valence-corrected chi connectivity index (χ1v) is 9.62. The van der Waals surface area contributed by atoms with Crippen LogP contribution >= 0.6 is 15.9 Å². The number of likely N-dealkylation sites (tertiary alicyclic amines) is 1. The monoisotopic (exact) mass is 341 g/mol. The third-order valence-corrected chi connectivity index (χ3v) is 5.36. The zero-order valence-electron chi connectivity index (χ0n) is 11.1. The molecule has 0 unspecified atom stereocenters. The van der Waals surface area contributed by atoms with E-state index >= 15 is 0 Å². The Bertz CT molecular complexity index is 313. The van der Waals surface area contributed by atoms with Crippen molar-refractivity contribution < 1.29 is 13.2 Å². The second kappa shape index (κ2) is 8.51. The number of alkyl halides is 1. The highest BCUT2D eigenvalue weighted by atomic mass is 79.9. The maximum absolute atomic E-state index is 11.6. The minimum Gasteiger partial charge on any atom is -0.377 e. The molecule has 0 radical (unpaired) electrons. The summed E-state index contributed by atoms with van der Waals surface area (Å²) in [5, 5.41) is 0.877. The van der Waals surface area contributed by atoms with E-state index in [9.17, 15) is 8.42 Å². The van der Waals surface area contributed by atoms with Crippen molar-refractivity contribution >= 4 is 25.8 Å². The van der Waals surface area contributed by atoms with Crippen LogP contribution < -0.4 is 0 Å². The standard InChI is InChI=1S/C12H24BrNO3S/c1-2-10-18(15,16)11-8-14-6-3-12(4-7-14)17-9-5-13/h12H,2-11H2,1H3. The number of hydrogen-bond donors (Lipinski definition) is 0. The molecule has 0 aromatic heterocycles. The Morgan fingerprint density at radius 1 is 1.28 bits per heavy atom. The van der Waals surface area contributed by atoms with E-state index in [1.807, 2.05) is 6.92 Å². The summed E-state index contributed by atoms with van der Waals surface area (Å²) >= 11 is 3.35. The average Bonchev–Trinajstić information content (AvgIpc) is 2.35. The van der Waals surface area contributed by atoms with Gasteiger partial charge >= 0.3 is 0 Å². The molecule has 1 fully saturated rings. The zero-order valence-corrected chi connectivity index (χ0v) is 13.5. The van der Waals surface area contributed by atoms with E-state index in [0.29, 0.717) is 30.6 Å². The van der Waals surface area contributed by atoms with Crippen LogP contribution in [0.5, 0.6) is 0 Å². The molecule has 1 aliphatic heterocycles. The topological polar surface area (TPSA) is 46.6 Å². The summed E-state index contributed by atoms with van der Waals surface area (Å²) in [7, 11) is -2.84. The molecule has 4 nitrogen and oxygen atoms in total. The number of ether oxygens (including phenoxy) is 1. The van der Waals surface area contributed by atoms with Crippen molar-refractivity contribution in [1.29, 1.82) is 0 Å². The molecule has 18 heavy (non-hydrogen) atoms. The van der Waals surface area contributed by atoms with Crippen molar-refractivity contribution in [1.82, 2.24) is 4.90 Å². The van der Waals surface area contributed by atoms with E-state index in [2.05, 4.69) is 20.8 Å². The van der Waals surface area contributed by atoms with Gasteiger partial charge in [0.1, 0.15) is 0 Å². The summed E-state index contributed by atoms with van der Waals surface area (Å²) in [6.07, 6.45) is 3.10. The number of piperidine rings is 1. The number of hydrogen-bond acceptors (Lipinski definition) is 4. The first kappa shape index (κ1) is 16.4. The average molecular weight is 342 g/mol. The summed E-state index contributed by atoms with van der Waals surface area (Å²) < 4.78 is 28.9. The van der Waals surface area contributed by atoms with Gasteiger partial charge in [0.15, 0.2) is 9.84 Å². The molecule has 1 heterocycles. The molecule has 0 atom stereocenters. The molecule has 0 spiro atoms. The fourth-order valence-corrected chi connectivity index (χ4v) is 3.74. The van der Waals surface area contributed by atoms with Gasteiger partial charge < -0.3 is 9.64 Å². The Kier molecular flexibility index (Phi) is 7.75. The fourth-order valence-electron chi connectivity index (χ4n) is 2.19. The van der Waals surface area contributed by atoms with E-state index in [1.165, 1.54) is 0 Å². The zero-order chi connectivity index (χ0) is 13.4. The van der Waals surface area contributed by atoms with Crippen molar-refractivity contribution in [2.75, 3.05) is 43.1 Å². The van der Waals surface area contributed by atoms with E-state index in [-0.39, 0.29) is 0 Å². The lowest BCUT2D eigenvalue weighted by atomic mass is 10.1. The molecular weight excluding hydrogens is 318 g/mol. The number of nitrogens with zero attached hydrogens (tertiary/aromatic N) is 1. The molecule has 1 saturated heterocycles. The highest BCUT2D eigenvalue weighted by Gasteiger charge is 2.20. The normalized spacial score (nSPS) is 19.2. The molecule has 0 N–H and O–H groups in total. The van der Waals surface area contributed by atoms with Crippen LogP contribution in [0.2, 0.25) is 0 Å². The Morgan fingerprint density at radius 2 is 1.94 bits per heavy atom. The summed E-state index contributed by atoms with van der Waals surface area (Å²) in [4.78, 5) is 2.24. The van der Waals surface area contributed by atoms with Crippen molar-refractivity contribution in [2.45, 2.75) is 32.3 Å². The van der Waals surface area contributed by atoms with Crippen molar-refractivity contribution in [3.8, 4) is 0 Å². The van der Waals surface area contributed by atoms with Gasteiger partial charge in [-0.1, -0.05) is 22.9 Å². The van der Waals surface area contributed by atoms with Gasteiger partial charge in [-0.05, 0) is 19.3 Å². The van der Waals surface area contributed by atoms with Crippen molar-refractivity contribution in [3.63, 3.8) is 0 Å². The quantitative estimate of drug-likeness (QED) is 0.630. The lowest BCUT2D eigenvalue weighted by molar-refractivity contribution is 0.0173. The van der Waals surface area contributed by atoms with Crippen molar-refractivity contribution in [2.24, 2.45) is 0 Å². The smallest absolute Gasteiger partial charge is 0.151 e. The van der Waals surface area contributed by atoms with Gasteiger partial charge in [-0.3, -0.25) is 0 Å². The van der Waals surface area contributed by atoms with Gasteiger partial charge in [-0.25, -0.2) is 8.42 Å². The van der Waals surface area contributed by atoms with E-state index in [4.69, 9.17) is 4.74 Å². The molecule has 0 aromatic carbocycles. The molecule has 1 rings (SSSR count). The van der Waals surface area contributed by atoms with E-state index < -0.39 is 9.84 Å². The van der Waals surface area contributed by atoms with Gasteiger partial charge in [0.25, 0.3) is 0 Å². The highest BCUT2D eigenvalue weighted by molar-refractivity contribution is 9.09. The van der Waals surface area contributed by atoms with Crippen LogP contribution in [-0.2, 0) is 14.6 Å². The Labute approximate surface area is 119 Å². The molecule has 108 valence electrons. The van der Waals surface area contributed by atoms with Crippen LogP contribution in [-0.4, -0.2) is 62.5 Å². The molecule has 0 bridgehead atoms. The largest absolute Gasteiger partial charge is 0.377 e. The number of halogens is 1. The van der Waals surface area contributed by atoms with Gasteiger partial charge in [0.05, 0.1) is 18.5 Å². The first-order chi connectivity index (χ1) is 8.57. The third-order valence-electron chi connectivity index (χ3n) is 3.20. The van der Waals surface area contributed by atoms with Gasteiger partial charge in [-0.15, -0.1) is 0 Å². The minimum atomic E-state index is -2.84. The SMILES string of the molecule is CCCS(=O)(=O)CCN1CCC(OCCBr)CC1. The molecule has 6 heteroatoms. The van der Waals surface area contributed by atoms with Crippen LogP contribution in [0, 0.1) is 0 Å². The number of sulfone groups is 1. The van der Waals surface area contributed by atoms with Crippen LogP contribution in [0.3, 0.4) is 0 Å². The third kappa shape index (κ3) is 6.50. The van der Waals surface area contributed by atoms with Crippen molar-refractivity contribution in [3.05, 3.63) is 0 Å². The Balaban J connectivity index is 2.19. The fraction of sp³-hybridized carbons (Fsp3) is 1.00. The maximum atomic E-state index is 11.6. The lowest BCUT2D eigenvalue weighted by Crippen LogP contribution is -2.39. The Hall–Kier alpha value is 0.350. The van der Waals surface area contributed by atoms with Crippen LogP contribution in [0.25, 0.3) is 0 Å². The predicted octanol–water partition coefficient (Wildman–Crippen LogP) is 1.69. The predicted molar refractivity (Wildman–Crippen MR) is 78.2 cm³/mol. The van der Waals surface area contributed by atoms with E-state index in [0.717, 1.165) is 37.9 Å².